The Labute approximate surface area is 139 Å². The molecule has 23 heavy (non-hydrogen) atoms. The zero-order chi connectivity index (χ0) is 15.8. The number of hydrogen-bond donors (Lipinski definition) is 0. The van der Waals surface area contributed by atoms with Crippen LogP contribution in [-0.4, -0.2) is 16.0 Å². The molecule has 4 rings (SSSR count). The van der Waals surface area contributed by atoms with E-state index in [0.29, 0.717) is 0 Å². The number of fused-ring (bicyclic) bond motifs is 3. The fraction of sp³-hybridized carbons (Fsp3) is 0.211. The van der Waals surface area contributed by atoms with Gasteiger partial charge in [-0.1, -0.05) is 48.6 Å². The first-order valence-corrected chi connectivity index (χ1v) is 8.69. The first-order chi connectivity index (χ1) is 11.3. The fourth-order valence-corrected chi connectivity index (χ4v) is 3.97. The molecule has 0 aliphatic carbocycles. The summed E-state index contributed by atoms with van der Waals surface area (Å²) in [4.78, 5) is 5.88. The van der Waals surface area contributed by atoms with Gasteiger partial charge in [-0.25, -0.2) is 4.98 Å². The van der Waals surface area contributed by atoms with E-state index in [-0.39, 0.29) is 0 Å². The Morgan fingerprint density at radius 3 is 2.74 bits per heavy atom. The van der Waals surface area contributed by atoms with Gasteiger partial charge in [-0.15, -0.1) is 0 Å². The summed E-state index contributed by atoms with van der Waals surface area (Å²) in [6.45, 7) is 5.01. The molecule has 116 valence electrons. The maximum absolute atomic E-state index is 5.74. The number of hydrogen-bond acceptors (Lipinski definition) is 3. The minimum Gasteiger partial charge on any atom is -0.494 e. The van der Waals surface area contributed by atoms with Crippen LogP contribution in [0, 0.1) is 6.92 Å². The molecule has 0 aliphatic rings. The molecule has 0 amide bonds. The van der Waals surface area contributed by atoms with Gasteiger partial charge in [0.05, 0.1) is 22.5 Å². The summed E-state index contributed by atoms with van der Waals surface area (Å²) in [6.07, 6.45) is 1.02. The third-order valence-corrected chi connectivity index (χ3v) is 4.97. The van der Waals surface area contributed by atoms with Crippen LogP contribution >= 0.6 is 11.3 Å². The number of imidazole rings is 1. The van der Waals surface area contributed by atoms with Crippen molar-refractivity contribution in [2.45, 2.75) is 20.3 Å². The van der Waals surface area contributed by atoms with Crippen LogP contribution in [0.1, 0.15) is 19.0 Å². The summed E-state index contributed by atoms with van der Waals surface area (Å²) in [5, 5.41) is 0. The van der Waals surface area contributed by atoms with Crippen molar-refractivity contribution in [2.24, 2.45) is 0 Å². The second kappa shape index (κ2) is 5.70. The van der Waals surface area contributed by atoms with Crippen LogP contribution in [0.2, 0.25) is 0 Å². The smallest absolute Gasteiger partial charge is 0.195 e. The van der Waals surface area contributed by atoms with Gasteiger partial charge in [-0.2, -0.15) is 0 Å². The van der Waals surface area contributed by atoms with Gasteiger partial charge in [0.1, 0.15) is 5.75 Å². The lowest BCUT2D eigenvalue weighted by Gasteiger charge is -2.04. The standard InChI is InChI=1S/C19H18N2OS/c1-3-11-22-15-9-10-16-17(12-15)23-19-20-18(13(2)21(16)19)14-7-5-4-6-8-14/h4-10,12H,3,11H2,1-2H3. The summed E-state index contributed by atoms with van der Waals surface area (Å²) in [5.74, 6) is 0.935. The second-order valence-electron chi connectivity index (χ2n) is 5.61. The number of aryl methyl sites for hydroxylation is 1. The van der Waals surface area contributed by atoms with Gasteiger partial charge < -0.3 is 4.74 Å². The quantitative estimate of drug-likeness (QED) is 0.509. The van der Waals surface area contributed by atoms with Crippen LogP contribution in [0.5, 0.6) is 5.75 Å². The van der Waals surface area contributed by atoms with E-state index >= 15 is 0 Å². The molecule has 0 aliphatic heterocycles. The minimum atomic E-state index is 0.755. The van der Waals surface area contributed by atoms with Crippen LogP contribution in [0.3, 0.4) is 0 Å². The van der Waals surface area contributed by atoms with Gasteiger partial charge in [-0.05, 0) is 31.5 Å². The maximum Gasteiger partial charge on any atom is 0.195 e. The van der Waals surface area contributed by atoms with Crippen molar-refractivity contribution in [3.05, 3.63) is 54.2 Å². The first-order valence-electron chi connectivity index (χ1n) is 7.87. The number of thiazole rings is 1. The number of benzene rings is 2. The molecule has 0 fully saturated rings. The molecule has 0 atom stereocenters. The predicted molar refractivity (Wildman–Crippen MR) is 96.5 cm³/mol. The summed E-state index contributed by atoms with van der Waals surface area (Å²) in [5.41, 5.74) is 4.60. The number of ether oxygens (including phenoxy) is 1. The normalized spacial score (nSPS) is 11.4. The van der Waals surface area contributed by atoms with E-state index < -0.39 is 0 Å². The van der Waals surface area contributed by atoms with Crippen molar-refractivity contribution in [3.8, 4) is 17.0 Å². The topological polar surface area (TPSA) is 26.5 Å². The van der Waals surface area contributed by atoms with Crippen molar-refractivity contribution in [1.29, 1.82) is 0 Å². The van der Waals surface area contributed by atoms with Crippen molar-refractivity contribution >= 4 is 26.5 Å². The Bertz CT molecular complexity index is 969. The Hall–Kier alpha value is -2.33. The lowest BCUT2D eigenvalue weighted by Crippen LogP contribution is -1.94. The van der Waals surface area contributed by atoms with E-state index in [1.54, 1.807) is 11.3 Å². The van der Waals surface area contributed by atoms with E-state index in [4.69, 9.17) is 9.72 Å². The van der Waals surface area contributed by atoms with E-state index in [9.17, 15) is 0 Å². The van der Waals surface area contributed by atoms with Gasteiger partial charge in [0.15, 0.2) is 4.96 Å². The highest BCUT2D eigenvalue weighted by atomic mass is 32.1. The second-order valence-corrected chi connectivity index (χ2v) is 6.62. The molecule has 0 N–H and O–H groups in total. The van der Waals surface area contributed by atoms with Crippen LogP contribution in [0.25, 0.3) is 26.4 Å². The Kier molecular flexibility index (Phi) is 3.54. The van der Waals surface area contributed by atoms with Crippen molar-refractivity contribution < 1.29 is 4.74 Å². The summed E-state index contributed by atoms with van der Waals surface area (Å²) in [6, 6.07) is 16.7. The maximum atomic E-state index is 5.74. The first kappa shape index (κ1) is 14.3. The van der Waals surface area contributed by atoms with Crippen molar-refractivity contribution in [2.75, 3.05) is 6.61 Å². The molecular weight excluding hydrogens is 304 g/mol. The van der Waals surface area contributed by atoms with E-state index in [1.165, 1.54) is 15.9 Å². The largest absolute Gasteiger partial charge is 0.494 e. The molecular formula is C19H18N2OS. The minimum absolute atomic E-state index is 0.755. The van der Waals surface area contributed by atoms with E-state index in [0.717, 1.165) is 35.0 Å². The SMILES string of the molecule is CCCOc1ccc2c(c1)sc1nc(-c3ccccc3)c(C)n12. The highest BCUT2D eigenvalue weighted by Gasteiger charge is 2.15. The number of rotatable bonds is 4. The fourth-order valence-electron chi connectivity index (χ4n) is 2.87. The molecule has 0 bridgehead atoms. The Morgan fingerprint density at radius 1 is 1.13 bits per heavy atom. The molecule has 0 spiro atoms. The average Bonchev–Trinajstić information content (AvgIpc) is 3.10. The van der Waals surface area contributed by atoms with Crippen LogP contribution < -0.4 is 4.74 Å². The van der Waals surface area contributed by atoms with Crippen LogP contribution in [0.15, 0.2) is 48.5 Å². The lowest BCUT2D eigenvalue weighted by atomic mass is 10.1. The average molecular weight is 322 g/mol. The molecule has 2 aromatic heterocycles. The third-order valence-electron chi connectivity index (χ3n) is 3.97. The summed E-state index contributed by atoms with van der Waals surface area (Å²) < 4.78 is 9.19. The third kappa shape index (κ3) is 2.39. The molecule has 0 saturated heterocycles. The molecule has 3 nitrogen and oxygen atoms in total. The molecule has 2 heterocycles. The summed E-state index contributed by atoms with van der Waals surface area (Å²) >= 11 is 1.71. The van der Waals surface area contributed by atoms with Crippen molar-refractivity contribution in [1.82, 2.24) is 9.38 Å². The number of nitrogens with zero attached hydrogens (tertiary/aromatic N) is 2. The van der Waals surface area contributed by atoms with Crippen LogP contribution in [0.4, 0.5) is 0 Å². The van der Waals surface area contributed by atoms with Crippen molar-refractivity contribution in [3.63, 3.8) is 0 Å². The highest BCUT2D eigenvalue weighted by Crippen LogP contribution is 2.34. The van der Waals surface area contributed by atoms with Gasteiger partial charge in [0, 0.05) is 11.3 Å². The van der Waals surface area contributed by atoms with Gasteiger partial charge in [0.25, 0.3) is 0 Å². The molecule has 0 unspecified atom stereocenters. The Balaban J connectivity index is 1.85. The Morgan fingerprint density at radius 2 is 1.96 bits per heavy atom. The molecule has 0 saturated carbocycles. The van der Waals surface area contributed by atoms with Gasteiger partial charge in [-0.3, -0.25) is 4.40 Å². The van der Waals surface area contributed by atoms with E-state index in [2.05, 4.69) is 54.6 Å². The molecule has 2 aromatic carbocycles. The molecule has 0 radical (unpaired) electrons. The monoisotopic (exact) mass is 322 g/mol. The highest BCUT2D eigenvalue weighted by molar-refractivity contribution is 7.23. The zero-order valence-corrected chi connectivity index (χ0v) is 14.1. The lowest BCUT2D eigenvalue weighted by molar-refractivity contribution is 0.318. The molecule has 4 aromatic rings. The van der Waals surface area contributed by atoms with Gasteiger partial charge >= 0.3 is 0 Å². The van der Waals surface area contributed by atoms with E-state index in [1.807, 2.05) is 12.1 Å². The number of aromatic nitrogens is 2. The summed E-state index contributed by atoms with van der Waals surface area (Å²) in [7, 11) is 0. The van der Waals surface area contributed by atoms with Crippen LogP contribution in [-0.2, 0) is 0 Å². The van der Waals surface area contributed by atoms with Gasteiger partial charge in [0.2, 0.25) is 0 Å². The molecule has 4 heteroatoms. The predicted octanol–water partition coefficient (Wildman–Crippen LogP) is 5.31. The zero-order valence-electron chi connectivity index (χ0n) is 13.2.